The lowest BCUT2D eigenvalue weighted by molar-refractivity contribution is 0.0862. The Morgan fingerprint density at radius 1 is 1.10 bits per heavy atom. The van der Waals surface area contributed by atoms with Crippen molar-refractivity contribution < 1.29 is 20.8 Å². The van der Waals surface area contributed by atoms with E-state index in [0.717, 1.165) is 17.6 Å². The third kappa shape index (κ3) is 5.08. The number of aliphatic hydroxyl groups excluding tert-OH is 3. The Hall–Kier alpha value is -1.20. The third-order valence-electron chi connectivity index (χ3n) is 8.65. The molecule has 174 valence electrons. The molecule has 7 atom stereocenters. The van der Waals surface area contributed by atoms with Crippen LogP contribution >= 0.6 is 0 Å². The van der Waals surface area contributed by atoms with E-state index in [0.29, 0.717) is 41.9 Å². The van der Waals surface area contributed by atoms with Crippen LogP contribution in [-0.2, 0) is 0 Å². The molecule has 0 radical (unpaired) electrons. The molecule has 0 aliphatic heterocycles. The molecule has 4 aliphatic rings. The first kappa shape index (κ1) is 24.4. The molecule has 0 saturated heterocycles. The standard InChI is InChI=1S/C27H40O3.H2O/c1-17(6-13-25(29)20-8-9-20)23-11-12-24-19(5-4-14-27(23,24)3)7-10-21-15-22(28)16-26(30)18(21)2;/h6-7,10,13,17,20,22-26,28-30H,2,4-5,8-9,11-12,14-16H2,1,3H3;1H2/b13-6+,19-7+,21-10-;/t17-,22-,23-,24+,25+,26+,27-;/m1./s1. The van der Waals surface area contributed by atoms with Gasteiger partial charge in [0.1, 0.15) is 0 Å². The first-order valence-corrected chi connectivity index (χ1v) is 12.1. The van der Waals surface area contributed by atoms with Gasteiger partial charge in [0.15, 0.2) is 0 Å². The highest BCUT2D eigenvalue weighted by Crippen LogP contribution is 2.59. The van der Waals surface area contributed by atoms with Crippen molar-refractivity contribution in [3.63, 3.8) is 0 Å². The summed E-state index contributed by atoms with van der Waals surface area (Å²) in [4.78, 5) is 0. The molecule has 5 N–H and O–H groups in total. The minimum Gasteiger partial charge on any atom is -0.412 e. The van der Waals surface area contributed by atoms with Crippen molar-refractivity contribution in [3.05, 3.63) is 47.6 Å². The Morgan fingerprint density at radius 3 is 2.55 bits per heavy atom. The number of aliphatic hydroxyl groups is 3. The first-order valence-electron chi connectivity index (χ1n) is 12.1. The number of hydrogen-bond acceptors (Lipinski definition) is 3. The third-order valence-corrected chi connectivity index (χ3v) is 8.65. The summed E-state index contributed by atoms with van der Waals surface area (Å²) in [5.74, 6) is 2.28. The maximum atomic E-state index is 10.2. The molecule has 0 aromatic carbocycles. The molecule has 4 rings (SSSR count). The van der Waals surface area contributed by atoms with E-state index in [9.17, 15) is 15.3 Å². The van der Waals surface area contributed by atoms with E-state index in [2.05, 4.69) is 44.7 Å². The van der Waals surface area contributed by atoms with E-state index < -0.39 is 12.2 Å². The predicted molar refractivity (Wildman–Crippen MR) is 125 cm³/mol. The minimum absolute atomic E-state index is 0. The lowest BCUT2D eigenvalue weighted by Crippen LogP contribution is -2.35. The summed E-state index contributed by atoms with van der Waals surface area (Å²) in [5.41, 5.74) is 3.63. The zero-order valence-electron chi connectivity index (χ0n) is 19.3. The summed E-state index contributed by atoms with van der Waals surface area (Å²) >= 11 is 0. The van der Waals surface area contributed by atoms with E-state index in [4.69, 9.17) is 0 Å². The van der Waals surface area contributed by atoms with Gasteiger partial charge in [-0.3, -0.25) is 0 Å². The van der Waals surface area contributed by atoms with Crippen LogP contribution in [0.15, 0.2) is 47.6 Å². The van der Waals surface area contributed by atoms with Crippen LogP contribution in [0.1, 0.15) is 71.6 Å². The largest absolute Gasteiger partial charge is 0.412 e. The zero-order valence-corrected chi connectivity index (χ0v) is 19.3. The Balaban J connectivity index is 0.00000272. The molecule has 4 heteroatoms. The van der Waals surface area contributed by atoms with Gasteiger partial charge in [-0.2, -0.15) is 0 Å². The Bertz CT molecular complexity index is 746. The number of allylic oxidation sites excluding steroid dienone is 4. The fraction of sp³-hybridized carbons (Fsp3) is 0.704. The first-order chi connectivity index (χ1) is 14.3. The molecule has 4 fully saturated rings. The molecule has 0 heterocycles. The van der Waals surface area contributed by atoms with Gasteiger partial charge in [-0.05, 0) is 91.6 Å². The smallest absolute Gasteiger partial charge is 0.0811 e. The van der Waals surface area contributed by atoms with Crippen molar-refractivity contribution in [3.8, 4) is 0 Å². The van der Waals surface area contributed by atoms with Gasteiger partial charge in [0.2, 0.25) is 0 Å². The number of fused-ring (bicyclic) bond motifs is 1. The second-order valence-corrected chi connectivity index (χ2v) is 10.7. The molecule has 0 amide bonds. The molecule has 4 aliphatic carbocycles. The highest BCUT2D eigenvalue weighted by molar-refractivity contribution is 5.38. The van der Waals surface area contributed by atoms with Gasteiger partial charge in [0, 0.05) is 6.42 Å². The fourth-order valence-corrected chi connectivity index (χ4v) is 6.63. The monoisotopic (exact) mass is 430 g/mol. The van der Waals surface area contributed by atoms with Crippen LogP contribution in [-0.4, -0.2) is 39.1 Å². The predicted octanol–water partition coefficient (Wildman–Crippen LogP) is 4.27. The van der Waals surface area contributed by atoms with Gasteiger partial charge in [0.25, 0.3) is 0 Å². The van der Waals surface area contributed by atoms with E-state index in [1.807, 2.05) is 0 Å². The summed E-state index contributed by atoms with van der Waals surface area (Å²) in [6, 6.07) is 0. The summed E-state index contributed by atoms with van der Waals surface area (Å²) in [6.07, 6.45) is 16.9. The van der Waals surface area contributed by atoms with E-state index >= 15 is 0 Å². The van der Waals surface area contributed by atoms with Crippen molar-refractivity contribution in [2.75, 3.05) is 0 Å². The molecule has 0 aromatic heterocycles. The van der Waals surface area contributed by atoms with Gasteiger partial charge in [-0.15, -0.1) is 0 Å². The molecule has 0 spiro atoms. The van der Waals surface area contributed by atoms with Crippen molar-refractivity contribution >= 4 is 0 Å². The van der Waals surface area contributed by atoms with Gasteiger partial charge in [-0.25, -0.2) is 0 Å². The van der Waals surface area contributed by atoms with E-state index in [-0.39, 0.29) is 11.6 Å². The second kappa shape index (κ2) is 9.74. The maximum Gasteiger partial charge on any atom is 0.0811 e. The quantitative estimate of drug-likeness (QED) is 0.569. The maximum absolute atomic E-state index is 10.2. The summed E-state index contributed by atoms with van der Waals surface area (Å²) in [6.45, 7) is 8.88. The summed E-state index contributed by atoms with van der Waals surface area (Å²) < 4.78 is 0. The second-order valence-electron chi connectivity index (χ2n) is 10.7. The van der Waals surface area contributed by atoms with Gasteiger partial charge in [-0.1, -0.05) is 50.3 Å². The van der Waals surface area contributed by atoms with E-state index in [1.54, 1.807) is 0 Å². The van der Waals surface area contributed by atoms with Gasteiger partial charge in [0.05, 0.1) is 18.3 Å². The minimum atomic E-state index is -0.621. The molecular formula is C27H42O4. The van der Waals surface area contributed by atoms with Crippen molar-refractivity contribution in [1.82, 2.24) is 0 Å². The molecule has 4 nitrogen and oxygen atoms in total. The fourth-order valence-electron chi connectivity index (χ4n) is 6.63. The summed E-state index contributed by atoms with van der Waals surface area (Å²) in [7, 11) is 0. The van der Waals surface area contributed by atoms with Crippen LogP contribution in [0.5, 0.6) is 0 Å². The van der Waals surface area contributed by atoms with Gasteiger partial charge < -0.3 is 20.8 Å². The van der Waals surface area contributed by atoms with Crippen LogP contribution in [0.2, 0.25) is 0 Å². The average molecular weight is 431 g/mol. The lowest BCUT2D eigenvalue weighted by Gasteiger charge is -2.44. The van der Waals surface area contributed by atoms with Gasteiger partial charge >= 0.3 is 0 Å². The van der Waals surface area contributed by atoms with Crippen LogP contribution in [0, 0.1) is 29.1 Å². The molecule has 0 bridgehead atoms. The van der Waals surface area contributed by atoms with Crippen LogP contribution in [0.4, 0.5) is 0 Å². The number of hydrogen-bond donors (Lipinski definition) is 3. The van der Waals surface area contributed by atoms with Crippen LogP contribution < -0.4 is 0 Å². The number of rotatable bonds is 5. The van der Waals surface area contributed by atoms with Crippen molar-refractivity contribution in [2.24, 2.45) is 29.1 Å². The highest BCUT2D eigenvalue weighted by Gasteiger charge is 2.50. The topological polar surface area (TPSA) is 92.2 Å². The SMILES string of the molecule is C=C1/C(=C\C=C2/CCC[C@]3(C)[C@@H]([C@H](C)/C=C/[C@H](O)C4CC4)CC[C@@H]23)C[C@@H](O)C[C@@H]1O.O. The normalized spacial score (nSPS) is 40.7. The van der Waals surface area contributed by atoms with Crippen LogP contribution in [0.3, 0.4) is 0 Å². The molecule has 0 aromatic rings. The Labute approximate surface area is 187 Å². The highest BCUT2D eigenvalue weighted by atomic mass is 16.3. The molecular weight excluding hydrogens is 388 g/mol. The average Bonchev–Trinajstić information content (AvgIpc) is 3.49. The summed E-state index contributed by atoms with van der Waals surface area (Å²) in [5, 5.41) is 30.4. The zero-order chi connectivity index (χ0) is 21.5. The molecule has 31 heavy (non-hydrogen) atoms. The molecule has 0 unspecified atom stereocenters. The van der Waals surface area contributed by atoms with E-state index in [1.165, 1.54) is 44.1 Å². The van der Waals surface area contributed by atoms with Crippen molar-refractivity contribution in [2.45, 2.75) is 89.9 Å². The lowest BCUT2D eigenvalue weighted by atomic mass is 9.61. The van der Waals surface area contributed by atoms with Crippen LogP contribution in [0.25, 0.3) is 0 Å². The Kier molecular flexibility index (Phi) is 7.68. The Morgan fingerprint density at radius 2 is 1.84 bits per heavy atom. The molecule has 4 saturated carbocycles. The van der Waals surface area contributed by atoms with Crippen molar-refractivity contribution in [1.29, 1.82) is 0 Å².